The zero-order chi connectivity index (χ0) is 27.5. The molecule has 0 fully saturated rings. The molecule has 0 saturated heterocycles. The number of pyridine rings is 1. The maximum absolute atomic E-state index is 13.0. The molecule has 5 rings (SSSR count). The minimum absolute atomic E-state index is 0.0192. The third kappa shape index (κ3) is 5.99. The molecule has 1 aliphatic heterocycles. The molecule has 1 amide bonds. The van der Waals surface area contributed by atoms with Gasteiger partial charge in [-0.05, 0) is 36.1 Å². The molecule has 0 spiro atoms. The number of hydrogen-bond donors (Lipinski definition) is 2. The number of carbonyl (C=O) groups excluding carboxylic acids is 2. The number of Topliss-reactive ketones (excluding diaryl/α,β-unsaturated/α-hetero) is 1. The molecule has 4 aromatic rings. The van der Waals surface area contributed by atoms with E-state index in [0.717, 1.165) is 34.3 Å². The monoisotopic (exact) mass is 560 g/mol. The molecule has 6 nitrogen and oxygen atoms in total. The van der Waals surface area contributed by atoms with Gasteiger partial charge in [0.25, 0.3) is 0 Å². The summed E-state index contributed by atoms with van der Waals surface area (Å²) in [6.07, 6.45) is 1.23. The lowest BCUT2D eigenvalue weighted by Gasteiger charge is -2.37. The smallest absolute Gasteiger partial charge is 0.249 e. The highest BCUT2D eigenvalue weighted by molar-refractivity contribution is 6.42. The molecule has 0 radical (unpaired) electrons. The highest BCUT2D eigenvalue weighted by Gasteiger charge is 2.30. The number of hydrogen-bond acceptors (Lipinski definition) is 5. The van der Waals surface area contributed by atoms with Crippen molar-refractivity contribution in [2.24, 2.45) is 5.73 Å². The molecule has 2 unspecified atom stereocenters. The van der Waals surface area contributed by atoms with Crippen LogP contribution in [0.3, 0.4) is 0 Å². The summed E-state index contributed by atoms with van der Waals surface area (Å²) in [6, 6.07) is 22.6. The molecule has 1 aromatic heterocycles. The maximum Gasteiger partial charge on any atom is 0.249 e. The molecule has 200 valence electrons. The maximum atomic E-state index is 13.0. The van der Waals surface area contributed by atoms with Crippen LogP contribution in [0.4, 0.5) is 0 Å². The lowest BCUT2D eigenvalue weighted by molar-refractivity contribution is 0.0933. The van der Waals surface area contributed by atoms with Gasteiger partial charge in [0.15, 0.2) is 5.78 Å². The third-order valence-electron chi connectivity index (χ3n) is 7.45. The first-order valence-electron chi connectivity index (χ1n) is 13.0. The summed E-state index contributed by atoms with van der Waals surface area (Å²) in [7, 11) is 0. The fourth-order valence-electron chi connectivity index (χ4n) is 5.35. The number of ketones is 1. The summed E-state index contributed by atoms with van der Waals surface area (Å²) >= 11 is 12.5. The van der Waals surface area contributed by atoms with Crippen molar-refractivity contribution in [1.29, 1.82) is 0 Å². The Morgan fingerprint density at radius 3 is 2.51 bits per heavy atom. The first kappa shape index (κ1) is 27.3. The van der Waals surface area contributed by atoms with Gasteiger partial charge in [0, 0.05) is 41.7 Å². The topological polar surface area (TPSA) is 88.3 Å². The molecular formula is C31H30Cl2N4O2. The summed E-state index contributed by atoms with van der Waals surface area (Å²) in [4.78, 5) is 32.8. The van der Waals surface area contributed by atoms with Gasteiger partial charge >= 0.3 is 0 Å². The Labute approximate surface area is 238 Å². The van der Waals surface area contributed by atoms with Crippen LogP contribution in [0, 0.1) is 0 Å². The van der Waals surface area contributed by atoms with Crippen molar-refractivity contribution in [1.82, 2.24) is 15.2 Å². The van der Waals surface area contributed by atoms with Crippen LogP contribution in [0.2, 0.25) is 10.0 Å². The van der Waals surface area contributed by atoms with Gasteiger partial charge in [0.2, 0.25) is 5.91 Å². The van der Waals surface area contributed by atoms with Gasteiger partial charge in [0.05, 0.1) is 33.8 Å². The van der Waals surface area contributed by atoms with Crippen molar-refractivity contribution < 1.29 is 9.59 Å². The normalized spacial score (nSPS) is 15.1. The number of nitrogens with two attached hydrogens (primary N) is 1. The van der Waals surface area contributed by atoms with Crippen molar-refractivity contribution in [3.05, 3.63) is 111 Å². The quantitative estimate of drug-likeness (QED) is 0.245. The van der Waals surface area contributed by atoms with Gasteiger partial charge in [-0.15, -0.1) is 0 Å². The number of fused-ring (bicyclic) bond motifs is 2. The summed E-state index contributed by atoms with van der Waals surface area (Å²) < 4.78 is 0. The number of benzene rings is 3. The van der Waals surface area contributed by atoms with Gasteiger partial charge < -0.3 is 5.73 Å². The molecule has 3 N–H and O–H groups in total. The molecule has 0 aliphatic carbocycles. The van der Waals surface area contributed by atoms with Crippen LogP contribution in [-0.2, 0) is 13.0 Å². The van der Waals surface area contributed by atoms with Crippen LogP contribution in [0.1, 0.15) is 56.8 Å². The van der Waals surface area contributed by atoms with Crippen molar-refractivity contribution >= 4 is 45.8 Å². The number of nitrogens with zero attached hydrogens (tertiary/aromatic N) is 2. The minimum Gasteiger partial charge on any atom is -0.366 e. The minimum atomic E-state index is -0.459. The van der Waals surface area contributed by atoms with Crippen LogP contribution in [0.5, 0.6) is 0 Å². The molecule has 0 saturated carbocycles. The molecule has 2 atom stereocenters. The number of nitrogens with one attached hydrogen (secondary N) is 1. The zero-order valence-corrected chi connectivity index (χ0v) is 23.2. The van der Waals surface area contributed by atoms with Gasteiger partial charge in [-0.2, -0.15) is 0 Å². The molecule has 1 aliphatic rings. The van der Waals surface area contributed by atoms with E-state index in [-0.39, 0.29) is 24.4 Å². The van der Waals surface area contributed by atoms with Crippen LogP contribution >= 0.6 is 23.2 Å². The van der Waals surface area contributed by atoms with E-state index in [2.05, 4.69) is 17.1 Å². The van der Waals surface area contributed by atoms with E-state index in [1.54, 1.807) is 0 Å². The predicted octanol–water partition coefficient (Wildman–Crippen LogP) is 5.99. The van der Waals surface area contributed by atoms with E-state index in [1.165, 1.54) is 0 Å². The number of halogens is 2. The summed E-state index contributed by atoms with van der Waals surface area (Å²) in [5.74, 6) is -0.318. The van der Waals surface area contributed by atoms with Gasteiger partial charge in [-0.3, -0.25) is 24.8 Å². The summed E-state index contributed by atoms with van der Waals surface area (Å²) in [5.41, 5.74) is 10.7. The largest absolute Gasteiger partial charge is 0.366 e. The van der Waals surface area contributed by atoms with Gasteiger partial charge in [-0.1, -0.05) is 84.7 Å². The van der Waals surface area contributed by atoms with E-state index in [1.807, 2.05) is 72.8 Å². The van der Waals surface area contributed by atoms with Gasteiger partial charge in [-0.25, -0.2) is 0 Å². The number of carbonyl (C=O) groups is 2. The predicted molar refractivity (Wildman–Crippen MR) is 156 cm³/mol. The van der Waals surface area contributed by atoms with Crippen LogP contribution in [0.15, 0.2) is 72.8 Å². The molecule has 39 heavy (non-hydrogen) atoms. The Morgan fingerprint density at radius 2 is 1.77 bits per heavy atom. The first-order chi connectivity index (χ1) is 18.8. The molecule has 8 heteroatoms. The van der Waals surface area contributed by atoms with E-state index < -0.39 is 5.91 Å². The zero-order valence-electron chi connectivity index (χ0n) is 21.7. The Kier molecular flexibility index (Phi) is 8.29. The standard InChI is InChI=1S/C31H30Cl2N4O2/c1-19(21-11-12-24(32)25(33)16-21)15-29(35-17-28(38)20-7-3-2-4-8-20)37-14-13-27-23(18-37)30(31(34)39)22-9-5-6-10-26(22)36-27/h2-12,16,19,29,35H,13-15,17-18H2,1H3,(H2,34,39). The van der Waals surface area contributed by atoms with Crippen molar-refractivity contribution in [3.63, 3.8) is 0 Å². The highest BCUT2D eigenvalue weighted by atomic mass is 35.5. The van der Waals surface area contributed by atoms with Crippen LogP contribution < -0.4 is 11.1 Å². The number of primary amides is 1. The SMILES string of the molecule is CC(CC(NCC(=O)c1ccccc1)N1CCc2nc3ccccc3c(C(N)=O)c2C1)c1ccc(Cl)c(Cl)c1. The Hall–Kier alpha value is -3.29. The van der Waals surface area contributed by atoms with Crippen LogP contribution in [-0.4, -0.2) is 40.8 Å². The van der Waals surface area contributed by atoms with E-state index in [0.29, 0.717) is 40.6 Å². The van der Waals surface area contributed by atoms with E-state index in [4.69, 9.17) is 33.9 Å². The second-order valence-electron chi connectivity index (χ2n) is 10.0. The lowest BCUT2D eigenvalue weighted by atomic mass is 9.92. The fraction of sp³-hybridized carbons (Fsp3) is 0.258. The third-order valence-corrected chi connectivity index (χ3v) is 8.19. The highest BCUT2D eigenvalue weighted by Crippen LogP contribution is 2.32. The number of amides is 1. The van der Waals surface area contributed by atoms with Gasteiger partial charge in [0.1, 0.15) is 0 Å². The Morgan fingerprint density at radius 1 is 1.03 bits per heavy atom. The molecule has 0 bridgehead atoms. The molecule has 3 aromatic carbocycles. The first-order valence-corrected chi connectivity index (χ1v) is 13.8. The average molecular weight is 562 g/mol. The number of aromatic nitrogens is 1. The van der Waals surface area contributed by atoms with Crippen molar-refractivity contribution in [3.8, 4) is 0 Å². The Balaban J connectivity index is 1.44. The van der Waals surface area contributed by atoms with E-state index in [9.17, 15) is 9.59 Å². The summed E-state index contributed by atoms with van der Waals surface area (Å²) in [5, 5.41) is 5.30. The van der Waals surface area contributed by atoms with Crippen molar-refractivity contribution in [2.45, 2.75) is 38.4 Å². The van der Waals surface area contributed by atoms with E-state index >= 15 is 0 Å². The second-order valence-corrected chi connectivity index (χ2v) is 10.8. The molecular weight excluding hydrogens is 531 g/mol. The van der Waals surface area contributed by atoms with Crippen molar-refractivity contribution in [2.75, 3.05) is 13.1 Å². The van der Waals surface area contributed by atoms with Crippen LogP contribution in [0.25, 0.3) is 10.9 Å². The number of rotatable bonds is 9. The average Bonchev–Trinajstić information content (AvgIpc) is 2.95. The fourth-order valence-corrected chi connectivity index (χ4v) is 5.65. The lowest BCUT2D eigenvalue weighted by Crippen LogP contribution is -2.50. The number of para-hydroxylation sites is 1. The summed E-state index contributed by atoms with van der Waals surface area (Å²) in [6.45, 7) is 3.54. The molecule has 2 heterocycles. The Bertz CT molecular complexity index is 1530. The second kappa shape index (κ2) is 11.8.